The molecule has 0 spiro atoms. The molecule has 1 unspecified atom stereocenters. The highest BCUT2D eigenvalue weighted by Gasteiger charge is 2.56. The molecular weight excluding hydrogens is 358 g/mol. The van der Waals surface area contributed by atoms with E-state index in [1.54, 1.807) is 4.90 Å². The van der Waals surface area contributed by atoms with Gasteiger partial charge in [-0.1, -0.05) is 50.6 Å². The number of rotatable bonds is 6. The molecule has 1 aromatic carbocycles. The number of benzene rings is 1. The van der Waals surface area contributed by atoms with Gasteiger partial charge in [-0.25, -0.2) is 4.79 Å². The van der Waals surface area contributed by atoms with Crippen molar-refractivity contribution in [2.75, 3.05) is 13.1 Å². The second-order valence-electron chi connectivity index (χ2n) is 8.30. The van der Waals surface area contributed by atoms with Crippen LogP contribution in [0.15, 0.2) is 30.3 Å². The fraction of sp³-hybridized carbons (Fsp3) is 0.571. The van der Waals surface area contributed by atoms with Gasteiger partial charge in [0.1, 0.15) is 6.04 Å². The van der Waals surface area contributed by atoms with Gasteiger partial charge in [0, 0.05) is 19.6 Å². The van der Waals surface area contributed by atoms with Crippen LogP contribution in [-0.4, -0.2) is 47.0 Å². The van der Waals surface area contributed by atoms with Crippen LogP contribution in [0.4, 0.5) is 4.79 Å². The molecule has 1 saturated heterocycles. The summed E-state index contributed by atoms with van der Waals surface area (Å²) in [7, 11) is 0. The van der Waals surface area contributed by atoms with Crippen LogP contribution < -0.4 is 10.6 Å². The summed E-state index contributed by atoms with van der Waals surface area (Å²) in [4.78, 5) is 38.9. The Morgan fingerprint density at radius 1 is 1.25 bits per heavy atom. The third-order valence-corrected chi connectivity index (χ3v) is 6.12. The van der Waals surface area contributed by atoms with Gasteiger partial charge in [-0.15, -0.1) is 0 Å². The van der Waals surface area contributed by atoms with E-state index < -0.39 is 23.5 Å². The molecule has 3 N–H and O–H groups in total. The lowest BCUT2D eigenvalue weighted by molar-refractivity contribution is -0.149. The van der Waals surface area contributed by atoms with E-state index in [-0.39, 0.29) is 24.3 Å². The number of aliphatic carboxylic acids is 1. The number of carboxylic acids is 1. The Bertz CT molecular complexity index is 736. The monoisotopic (exact) mass is 387 g/mol. The van der Waals surface area contributed by atoms with E-state index in [2.05, 4.69) is 10.6 Å². The third-order valence-electron chi connectivity index (χ3n) is 6.12. The average Bonchev–Trinajstić information content (AvgIpc) is 3.23. The second-order valence-corrected chi connectivity index (χ2v) is 8.30. The van der Waals surface area contributed by atoms with Crippen LogP contribution in [-0.2, 0) is 16.1 Å². The molecule has 1 aromatic rings. The Labute approximate surface area is 165 Å². The predicted octanol–water partition coefficient (Wildman–Crippen LogP) is 2.22. The minimum Gasteiger partial charge on any atom is -0.481 e. The number of nitrogens with one attached hydrogen (secondary N) is 2. The number of carbonyl (C=O) groups excluding carboxylic acids is 2. The molecule has 0 bridgehead atoms. The summed E-state index contributed by atoms with van der Waals surface area (Å²) < 4.78 is 0. The summed E-state index contributed by atoms with van der Waals surface area (Å²) in [6.07, 6.45) is 2.36. The Morgan fingerprint density at radius 3 is 2.57 bits per heavy atom. The van der Waals surface area contributed by atoms with Crippen molar-refractivity contribution in [2.24, 2.45) is 17.3 Å². The zero-order valence-electron chi connectivity index (χ0n) is 16.5. The van der Waals surface area contributed by atoms with Crippen molar-refractivity contribution in [3.63, 3.8) is 0 Å². The minimum atomic E-state index is -0.813. The summed E-state index contributed by atoms with van der Waals surface area (Å²) >= 11 is 0. The second kappa shape index (κ2) is 8.20. The molecule has 7 nitrogen and oxygen atoms in total. The SMILES string of the molecule is CC(C)C(NC(=O)NCc1ccccc1)C(=O)N1C[C@@H]2CCC[C@@]2(C(=O)O)C1. The van der Waals surface area contributed by atoms with Crippen molar-refractivity contribution in [1.29, 1.82) is 0 Å². The van der Waals surface area contributed by atoms with Crippen LogP contribution in [0.3, 0.4) is 0 Å². The van der Waals surface area contributed by atoms with Crippen LogP contribution in [0.1, 0.15) is 38.7 Å². The van der Waals surface area contributed by atoms with E-state index in [9.17, 15) is 19.5 Å². The number of nitrogens with zero attached hydrogens (tertiary/aromatic N) is 1. The molecule has 2 fully saturated rings. The Balaban J connectivity index is 1.61. The maximum Gasteiger partial charge on any atom is 0.315 e. The molecule has 0 radical (unpaired) electrons. The molecule has 28 heavy (non-hydrogen) atoms. The van der Waals surface area contributed by atoms with Crippen LogP contribution in [0.25, 0.3) is 0 Å². The van der Waals surface area contributed by atoms with Crippen LogP contribution in [0.5, 0.6) is 0 Å². The van der Waals surface area contributed by atoms with Gasteiger partial charge in [0.15, 0.2) is 0 Å². The van der Waals surface area contributed by atoms with Gasteiger partial charge in [0.05, 0.1) is 5.41 Å². The topological polar surface area (TPSA) is 98.7 Å². The van der Waals surface area contributed by atoms with Crippen molar-refractivity contribution in [3.05, 3.63) is 35.9 Å². The number of fused-ring (bicyclic) bond motifs is 1. The van der Waals surface area contributed by atoms with Gasteiger partial charge in [0.2, 0.25) is 5.91 Å². The highest BCUT2D eigenvalue weighted by atomic mass is 16.4. The van der Waals surface area contributed by atoms with Gasteiger partial charge in [-0.2, -0.15) is 0 Å². The molecule has 1 saturated carbocycles. The van der Waals surface area contributed by atoms with Crippen molar-refractivity contribution >= 4 is 17.9 Å². The van der Waals surface area contributed by atoms with E-state index in [0.29, 0.717) is 19.5 Å². The number of hydrogen-bond acceptors (Lipinski definition) is 3. The van der Waals surface area contributed by atoms with Crippen LogP contribution >= 0.6 is 0 Å². The fourth-order valence-electron chi connectivity index (χ4n) is 4.49. The molecule has 3 atom stereocenters. The molecule has 0 aromatic heterocycles. The average molecular weight is 387 g/mol. The standard InChI is InChI=1S/C21H29N3O4/c1-14(2)17(23-20(28)22-11-15-7-4-3-5-8-15)18(25)24-12-16-9-6-10-21(16,13-24)19(26)27/h3-5,7-8,14,16-17H,6,9-13H2,1-2H3,(H,26,27)(H2,22,23,28)/t16-,17?,21+/m0/s1. The van der Waals surface area contributed by atoms with Crippen molar-refractivity contribution < 1.29 is 19.5 Å². The molecular formula is C21H29N3O4. The quantitative estimate of drug-likeness (QED) is 0.697. The number of likely N-dealkylation sites (tertiary alicyclic amines) is 1. The first-order chi connectivity index (χ1) is 13.3. The van der Waals surface area contributed by atoms with E-state index in [0.717, 1.165) is 18.4 Å². The number of carboxylic acid groups (broad SMARTS) is 1. The lowest BCUT2D eigenvalue weighted by Crippen LogP contribution is -2.53. The summed E-state index contributed by atoms with van der Waals surface area (Å²) in [6.45, 7) is 4.83. The van der Waals surface area contributed by atoms with Gasteiger partial charge >= 0.3 is 12.0 Å². The summed E-state index contributed by atoms with van der Waals surface area (Å²) in [5.74, 6) is -1.09. The molecule has 1 aliphatic heterocycles. The Kier molecular flexibility index (Phi) is 5.91. The molecule has 3 amide bonds. The maximum absolute atomic E-state index is 13.1. The summed E-state index contributed by atoms with van der Waals surface area (Å²) in [6, 6.07) is 8.46. The van der Waals surface area contributed by atoms with Crippen molar-refractivity contribution in [1.82, 2.24) is 15.5 Å². The fourth-order valence-corrected chi connectivity index (χ4v) is 4.49. The smallest absolute Gasteiger partial charge is 0.315 e. The van der Waals surface area contributed by atoms with E-state index >= 15 is 0 Å². The van der Waals surface area contributed by atoms with Crippen LogP contribution in [0, 0.1) is 17.3 Å². The number of hydrogen-bond donors (Lipinski definition) is 3. The first kappa shape index (κ1) is 20.2. The lowest BCUT2D eigenvalue weighted by Gasteiger charge is -2.28. The molecule has 3 rings (SSSR count). The lowest BCUT2D eigenvalue weighted by atomic mass is 9.81. The van der Waals surface area contributed by atoms with Gasteiger partial charge in [-0.05, 0) is 30.2 Å². The van der Waals surface area contributed by atoms with Gasteiger partial charge in [-0.3, -0.25) is 9.59 Å². The van der Waals surface area contributed by atoms with Gasteiger partial charge < -0.3 is 20.6 Å². The van der Waals surface area contributed by atoms with Crippen molar-refractivity contribution in [2.45, 2.75) is 45.7 Å². The summed E-state index contributed by atoms with van der Waals surface area (Å²) in [5.41, 5.74) is 0.160. The number of amides is 3. The zero-order valence-corrected chi connectivity index (χ0v) is 16.5. The predicted molar refractivity (Wildman–Crippen MR) is 104 cm³/mol. The number of carbonyl (C=O) groups is 3. The maximum atomic E-state index is 13.1. The molecule has 1 heterocycles. The first-order valence-corrected chi connectivity index (χ1v) is 9.94. The molecule has 152 valence electrons. The Hall–Kier alpha value is -2.57. The highest BCUT2D eigenvalue weighted by Crippen LogP contribution is 2.49. The van der Waals surface area contributed by atoms with Crippen molar-refractivity contribution in [3.8, 4) is 0 Å². The number of urea groups is 1. The van der Waals surface area contributed by atoms with E-state index in [1.807, 2.05) is 44.2 Å². The normalized spacial score (nSPS) is 24.7. The highest BCUT2D eigenvalue weighted by molar-refractivity contribution is 5.88. The largest absolute Gasteiger partial charge is 0.481 e. The first-order valence-electron chi connectivity index (χ1n) is 9.94. The van der Waals surface area contributed by atoms with E-state index in [1.165, 1.54) is 0 Å². The molecule has 2 aliphatic rings. The Morgan fingerprint density at radius 2 is 1.96 bits per heavy atom. The summed E-state index contributed by atoms with van der Waals surface area (Å²) in [5, 5.41) is 15.3. The molecule has 1 aliphatic carbocycles. The van der Waals surface area contributed by atoms with Crippen LogP contribution in [0.2, 0.25) is 0 Å². The van der Waals surface area contributed by atoms with Gasteiger partial charge in [0.25, 0.3) is 0 Å². The third kappa shape index (κ3) is 3.98. The zero-order chi connectivity index (χ0) is 20.3. The van der Waals surface area contributed by atoms with E-state index in [4.69, 9.17) is 0 Å². The minimum absolute atomic E-state index is 0.00803. The molecule has 7 heteroatoms.